The summed E-state index contributed by atoms with van der Waals surface area (Å²) in [5.74, 6) is -1.31. The molecule has 0 atom stereocenters. The van der Waals surface area contributed by atoms with E-state index in [4.69, 9.17) is 10.5 Å². The Hall–Kier alpha value is -3.39. The number of nitrogens with zero attached hydrogens (tertiary/aromatic N) is 2. The fourth-order valence-corrected chi connectivity index (χ4v) is 3.45. The first-order valence-electron chi connectivity index (χ1n) is 8.81. The largest absolute Gasteiger partial charge is 0.451 e. The van der Waals surface area contributed by atoms with Gasteiger partial charge in [0.1, 0.15) is 0 Å². The Morgan fingerprint density at radius 2 is 1.79 bits per heavy atom. The minimum atomic E-state index is -0.800. The standard InChI is InChI=1S/C21H20N4O3S/c1-13-3-4-14(2)17(11-13)29-16-7-5-15(6-8-16)25-18(26)12-28-21(27)19-20(22)24-10-9-23-19/h3-11H,12H2,1-2H3,(H2,22,24)(H,25,26). The summed E-state index contributed by atoms with van der Waals surface area (Å²) in [5, 5.41) is 2.68. The van der Waals surface area contributed by atoms with Crippen LogP contribution in [0.25, 0.3) is 0 Å². The van der Waals surface area contributed by atoms with Crippen molar-refractivity contribution in [1.29, 1.82) is 0 Å². The Labute approximate surface area is 172 Å². The summed E-state index contributed by atoms with van der Waals surface area (Å²) in [6, 6.07) is 13.8. The van der Waals surface area contributed by atoms with Crippen LogP contribution in [-0.2, 0) is 9.53 Å². The monoisotopic (exact) mass is 408 g/mol. The van der Waals surface area contributed by atoms with Crippen LogP contribution in [-0.4, -0.2) is 28.5 Å². The van der Waals surface area contributed by atoms with Gasteiger partial charge in [-0.05, 0) is 55.3 Å². The quantitative estimate of drug-likeness (QED) is 0.600. The smallest absolute Gasteiger partial charge is 0.361 e. The highest BCUT2D eigenvalue weighted by atomic mass is 32.2. The number of rotatable bonds is 6. The van der Waals surface area contributed by atoms with Crippen LogP contribution < -0.4 is 11.1 Å². The molecule has 0 aliphatic rings. The third-order valence-electron chi connectivity index (χ3n) is 3.96. The Morgan fingerprint density at radius 1 is 1.07 bits per heavy atom. The summed E-state index contributed by atoms with van der Waals surface area (Å²) < 4.78 is 4.93. The summed E-state index contributed by atoms with van der Waals surface area (Å²) in [7, 11) is 0. The highest BCUT2D eigenvalue weighted by Crippen LogP contribution is 2.31. The number of ether oxygens (including phenoxy) is 1. The molecule has 1 amide bonds. The van der Waals surface area contributed by atoms with Crippen molar-refractivity contribution in [3.05, 3.63) is 71.7 Å². The molecule has 0 spiro atoms. The Kier molecular flexibility index (Phi) is 6.46. The first-order valence-corrected chi connectivity index (χ1v) is 9.62. The van der Waals surface area contributed by atoms with Crippen LogP contribution in [0.4, 0.5) is 11.5 Å². The third kappa shape index (κ3) is 5.55. The molecule has 0 bridgehead atoms. The molecule has 2 aromatic carbocycles. The first kappa shape index (κ1) is 20.3. The second kappa shape index (κ2) is 9.20. The fraction of sp³-hybridized carbons (Fsp3) is 0.143. The van der Waals surface area contributed by atoms with E-state index in [0.717, 1.165) is 4.90 Å². The van der Waals surface area contributed by atoms with E-state index in [0.29, 0.717) is 5.69 Å². The lowest BCUT2D eigenvalue weighted by Gasteiger charge is -2.09. The van der Waals surface area contributed by atoms with Crippen LogP contribution in [0, 0.1) is 13.8 Å². The van der Waals surface area contributed by atoms with Crippen LogP contribution in [0.15, 0.2) is 64.6 Å². The summed E-state index contributed by atoms with van der Waals surface area (Å²) in [6.07, 6.45) is 2.69. The maximum Gasteiger partial charge on any atom is 0.361 e. The van der Waals surface area contributed by atoms with Crippen molar-refractivity contribution in [2.75, 3.05) is 17.7 Å². The molecule has 1 heterocycles. The zero-order valence-electron chi connectivity index (χ0n) is 16.0. The van der Waals surface area contributed by atoms with Crippen molar-refractivity contribution in [3.8, 4) is 0 Å². The number of carbonyl (C=O) groups excluding carboxylic acids is 2. The second-order valence-corrected chi connectivity index (χ2v) is 7.43. The molecule has 8 heteroatoms. The Morgan fingerprint density at radius 3 is 2.52 bits per heavy atom. The maximum absolute atomic E-state index is 12.0. The van der Waals surface area contributed by atoms with Gasteiger partial charge in [0.2, 0.25) is 0 Å². The van der Waals surface area contributed by atoms with Crippen molar-refractivity contribution >= 4 is 35.1 Å². The molecule has 3 aromatic rings. The minimum Gasteiger partial charge on any atom is -0.451 e. The number of amides is 1. The van der Waals surface area contributed by atoms with Gasteiger partial charge in [-0.15, -0.1) is 0 Å². The van der Waals surface area contributed by atoms with Gasteiger partial charge in [-0.1, -0.05) is 23.9 Å². The number of nitrogens with one attached hydrogen (secondary N) is 1. The van der Waals surface area contributed by atoms with Gasteiger partial charge in [0.25, 0.3) is 5.91 Å². The predicted molar refractivity (Wildman–Crippen MR) is 112 cm³/mol. The van der Waals surface area contributed by atoms with Gasteiger partial charge in [0.15, 0.2) is 18.1 Å². The lowest BCUT2D eigenvalue weighted by molar-refractivity contribution is -0.119. The summed E-state index contributed by atoms with van der Waals surface area (Å²) in [5.41, 5.74) is 8.47. The number of nitrogen functional groups attached to an aromatic ring is 1. The molecule has 3 N–H and O–H groups in total. The SMILES string of the molecule is Cc1ccc(C)c(Sc2ccc(NC(=O)COC(=O)c3nccnc3N)cc2)c1. The van der Waals surface area contributed by atoms with E-state index in [-0.39, 0.29) is 11.5 Å². The molecule has 0 saturated carbocycles. The zero-order valence-corrected chi connectivity index (χ0v) is 16.8. The molecular weight excluding hydrogens is 388 g/mol. The Bertz CT molecular complexity index is 1040. The Balaban J connectivity index is 1.54. The van der Waals surface area contributed by atoms with E-state index in [9.17, 15) is 9.59 Å². The van der Waals surface area contributed by atoms with Crippen LogP contribution in [0.3, 0.4) is 0 Å². The number of esters is 1. The van der Waals surface area contributed by atoms with Crippen molar-refractivity contribution in [1.82, 2.24) is 9.97 Å². The number of nitrogens with two attached hydrogens (primary N) is 1. The van der Waals surface area contributed by atoms with Gasteiger partial charge in [-0.25, -0.2) is 14.8 Å². The highest BCUT2D eigenvalue weighted by molar-refractivity contribution is 7.99. The average molecular weight is 408 g/mol. The van der Waals surface area contributed by atoms with E-state index in [1.807, 2.05) is 12.1 Å². The molecule has 0 radical (unpaired) electrons. The zero-order chi connectivity index (χ0) is 20.8. The van der Waals surface area contributed by atoms with Crippen molar-refractivity contribution < 1.29 is 14.3 Å². The minimum absolute atomic E-state index is 0.0464. The molecule has 7 nitrogen and oxygen atoms in total. The number of carbonyl (C=O) groups is 2. The lowest BCUT2D eigenvalue weighted by atomic mass is 10.2. The molecule has 0 unspecified atom stereocenters. The van der Waals surface area contributed by atoms with Crippen molar-refractivity contribution in [2.24, 2.45) is 0 Å². The van der Waals surface area contributed by atoms with E-state index < -0.39 is 18.5 Å². The van der Waals surface area contributed by atoms with E-state index in [1.165, 1.54) is 28.4 Å². The van der Waals surface area contributed by atoms with E-state index >= 15 is 0 Å². The fourth-order valence-electron chi connectivity index (χ4n) is 2.45. The highest BCUT2D eigenvalue weighted by Gasteiger charge is 2.15. The molecule has 29 heavy (non-hydrogen) atoms. The van der Waals surface area contributed by atoms with Crippen LogP contribution >= 0.6 is 11.8 Å². The topological polar surface area (TPSA) is 107 Å². The summed E-state index contributed by atoms with van der Waals surface area (Å²) >= 11 is 1.66. The lowest BCUT2D eigenvalue weighted by Crippen LogP contribution is -2.22. The number of hydrogen-bond acceptors (Lipinski definition) is 7. The van der Waals surface area contributed by atoms with Gasteiger partial charge < -0.3 is 15.8 Å². The van der Waals surface area contributed by atoms with Gasteiger partial charge in [0.05, 0.1) is 0 Å². The van der Waals surface area contributed by atoms with Gasteiger partial charge >= 0.3 is 5.97 Å². The van der Waals surface area contributed by atoms with Gasteiger partial charge in [-0.3, -0.25) is 4.79 Å². The number of anilines is 2. The number of aromatic nitrogens is 2. The molecule has 0 aliphatic carbocycles. The number of benzene rings is 2. The van der Waals surface area contributed by atoms with Gasteiger partial charge in [-0.2, -0.15) is 0 Å². The van der Waals surface area contributed by atoms with Gasteiger partial charge in [0, 0.05) is 27.9 Å². The first-order chi connectivity index (χ1) is 13.9. The number of aryl methyl sites for hydroxylation is 2. The van der Waals surface area contributed by atoms with Crippen LogP contribution in [0.5, 0.6) is 0 Å². The summed E-state index contributed by atoms with van der Waals surface area (Å²) in [6.45, 7) is 3.69. The molecule has 1 aromatic heterocycles. The molecule has 0 fully saturated rings. The van der Waals surface area contributed by atoms with E-state index in [1.54, 1.807) is 23.9 Å². The van der Waals surface area contributed by atoms with E-state index in [2.05, 4.69) is 47.3 Å². The third-order valence-corrected chi connectivity index (χ3v) is 5.13. The maximum atomic E-state index is 12.0. The predicted octanol–water partition coefficient (Wildman–Crippen LogP) is 3.62. The van der Waals surface area contributed by atoms with Crippen molar-refractivity contribution in [3.63, 3.8) is 0 Å². The average Bonchev–Trinajstić information content (AvgIpc) is 2.71. The molecule has 0 aliphatic heterocycles. The van der Waals surface area contributed by atoms with Crippen LogP contribution in [0.2, 0.25) is 0 Å². The normalized spacial score (nSPS) is 10.4. The summed E-state index contributed by atoms with van der Waals surface area (Å²) in [4.78, 5) is 33.7. The van der Waals surface area contributed by atoms with Crippen molar-refractivity contribution in [2.45, 2.75) is 23.6 Å². The molecule has 0 saturated heterocycles. The number of hydrogen-bond donors (Lipinski definition) is 2. The second-order valence-electron chi connectivity index (χ2n) is 6.31. The van der Waals surface area contributed by atoms with Crippen LogP contribution in [0.1, 0.15) is 21.6 Å². The molecule has 3 rings (SSSR count). The molecular formula is C21H20N4O3S. The molecule has 148 valence electrons.